The Hall–Kier alpha value is -1.92. The number of rotatable bonds is 5. The van der Waals surface area contributed by atoms with Gasteiger partial charge in [-0.05, 0) is 24.0 Å². The van der Waals surface area contributed by atoms with Crippen molar-refractivity contribution >= 4 is 11.9 Å². The van der Waals surface area contributed by atoms with Crippen molar-refractivity contribution in [3.8, 4) is 0 Å². The zero-order valence-electron chi connectivity index (χ0n) is 12.0. The lowest BCUT2D eigenvalue weighted by molar-refractivity contribution is -0.152. The third-order valence-electron chi connectivity index (χ3n) is 3.75. The molecule has 0 radical (unpaired) electrons. The van der Waals surface area contributed by atoms with Crippen molar-refractivity contribution in [2.45, 2.75) is 24.9 Å². The summed E-state index contributed by atoms with van der Waals surface area (Å²) >= 11 is 0. The molecule has 0 saturated carbocycles. The molecule has 0 aromatic heterocycles. The van der Waals surface area contributed by atoms with Crippen molar-refractivity contribution in [2.24, 2.45) is 5.73 Å². The van der Waals surface area contributed by atoms with Crippen molar-refractivity contribution < 1.29 is 19.4 Å². The van der Waals surface area contributed by atoms with Gasteiger partial charge >= 0.3 is 5.97 Å². The molecule has 114 valence electrons. The number of aliphatic carboxylic acids is 1. The van der Waals surface area contributed by atoms with E-state index in [1.54, 1.807) is 12.1 Å². The fourth-order valence-corrected chi connectivity index (χ4v) is 2.65. The molecular weight excluding hydrogens is 272 g/mol. The first-order valence-electron chi connectivity index (χ1n) is 6.92. The van der Waals surface area contributed by atoms with Gasteiger partial charge in [0, 0.05) is 20.3 Å². The van der Waals surface area contributed by atoms with E-state index in [1.807, 2.05) is 12.1 Å². The van der Waals surface area contributed by atoms with Gasteiger partial charge in [-0.25, -0.2) is 4.79 Å². The Labute approximate surface area is 123 Å². The van der Waals surface area contributed by atoms with Crippen LogP contribution in [0.3, 0.4) is 0 Å². The standard InChI is InChI=1S/C15H20N2O4/c1-21-9-7-12(16)14(18)17-8-6-10-4-2-3-5-11(10)13(17)15(19)20/h2-5,12-13H,6-9,16H2,1H3,(H,19,20). The summed E-state index contributed by atoms with van der Waals surface area (Å²) in [6.45, 7) is 0.739. The van der Waals surface area contributed by atoms with Gasteiger partial charge in [0.1, 0.15) is 0 Å². The number of nitrogens with two attached hydrogens (primary N) is 1. The van der Waals surface area contributed by atoms with E-state index in [0.29, 0.717) is 31.6 Å². The quantitative estimate of drug-likeness (QED) is 0.827. The SMILES string of the molecule is COCCC(N)C(=O)N1CCc2ccccc2C1C(=O)O. The molecule has 6 heteroatoms. The van der Waals surface area contributed by atoms with Crippen LogP contribution in [0, 0.1) is 0 Å². The predicted octanol–water partition coefficient (Wildman–Crippen LogP) is 0.561. The van der Waals surface area contributed by atoms with Gasteiger partial charge in [-0.15, -0.1) is 0 Å². The number of carboxylic acid groups (broad SMARTS) is 1. The lowest BCUT2D eigenvalue weighted by Crippen LogP contribution is -2.50. The highest BCUT2D eigenvalue weighted by Gasteiger charge is 2.37. The summed E-state index contributed by atoms with van der Waals surface area (Å²) in [5, 5.41) is 9.50. The second kappa shape index (κ2) is 6.69. The van der Waals surface area contributed by atoms with Gasteiger partial charge in [0.05, 0.1) is 6.04 Å². The number of carbonyl (C=O) groups excluding carboxylic acids is 1. The van der Waals surface area contributed by atoms with Gasteiger partial charge in [0.2, 0.25) is 5.91 Å². The third kappa shape index (κ3) is 3.22. The number of ether oxygens (including phenoxy) is 1. The second-order valence-corrected chi connectivity index (χ2v) is 5.11. The summed E-state index contributed by atoms with van der Waals surface area (Å²) in [7, 11) is 1.54. The highest BCUT2D eigenvalue weighted by molar-refractivity contribution is 5.88. The Balaban J connectivity index is 2.24. The monoisotopic (exact) mass is 292 g/mol. The van der Waals surface area contributed by atoms with Crippen molar-refractivity contribution in [3.05, 3.63) is 35.4 Å². The fourth-order valence-electron chi connectivity index (χ4n) is 2.65. The number of methoxy groups -OCH3 is 1. The average molecular weight is 292 g/mol. The molecule has 0 spiro atoms. The van der Waals surface area contributed by atoms with Gasteiger partial charge in [-0.3, -0.25) is 4.79 Å². The van der Waals surface area contributed by atoms with E-state index in [9.17, 15) is 14.7 Å². The van der Waals surface area contributed by atoms with Crippen LogP contribution in [0.25, 0.3) is 0 Å². The molecule has 0 saturated heterocycles. The van der Waals surface area contributed by atoms with Crippen LogP contribution >= 0.6 is 0 Å². The lowest BCUT2D eigenvalue weighted by atomic mass is 9.92. The number of carbonyl (C=O) groups is 2. The summed E-state index contributed by atoms with van der Waals surface area (Å²) in [4.78, 5) is 25.4. The van der Waals surface area contributed by atoms with Crippen LogP contribution in [-0.2, 0) is 20.7 Å². The maximum atomic E-state index is 12.4. The van der Waals surface area contributed by atoms with Gasteiger partial charge < -0.3 is 20.5 Å². The number of amides is 1. The molecule has 2 rings (SSSR count). The molecular formula is C15H20N2O4. The largest absolute Gasteiger partial charge is 0.479 e. The molecule has 1 heterocycles. The first kappa shape index (κ1) is 15.5. The molecule has 1 aliphatic heterocycles. The van der Waals surface area contributed by atoms with Crippen molar-refractivity contribution in [2.75, 3.05) is 20.3 Å². The number of hydrogen-bond acceptors (Lipinski definition) is 4. The molecule has 1 aromatic rings. The molecule has 0 fully saturated rings. The minimum absolute atomic E-state index is 0.339. The fraction of sp³-hybridized carbons (Fsp3) is 0.467. The maximum absolute atomic E-state index is 12.4. The first-order valence-corrected chi connectivity index (χ1v) is 6.92. The van der Waals surface area contributed by atoms with Gasteiger partial charge in [-0.2, -0.15) is 0 Å². The Bertz CT molecular complexity index is 532. The zero-order valence-corrected chi connectivity index (χ0v) is 12.0. The first-order chi connectivity index (χ1) is 10.1. The Morgan fingerprint density at radius 3 is 2.86 bits per heavy atom. The smallest absolute Gasteiger partial charge is 0.331 e. The van der Waals surface area contributed by atoms with Crippen molar-refractivity contribution in [3.63, 3.8) is 0 Å². The van der Waals surface area contributed by atoms with Crippen LogP contribution in [0.15, 0.2) is 24.3 Å². The van der Waals surface area contributed by atoms with Crippen LogP contribution in [0.2, 0.25) is 0 Å². The van der Waals surface area contributed by atoms with Gasteiger partial charge in [0.15, 0.2) is 6.04 Å². The van der Waals surface area contributed by atoms with Crippen LogP contribution < -0.4 is 5.73 Å². The second-order valence-electron chi connectivity index (χ2n) is 5.11. The van der Waals surface area contributed by atoms with E-state index in [0.717, 1.165) is 5.56 Å². The Morgan fingerprint density at radius 1 is 1.48 bits per heavy atom. The van der Waals surface area contributed by atoms with Crippen molar-refractivity contribution in [1.82, 2.24) is 4.90 Å². The number of hydrogen-bond donors (Lipinski definition) is 2. The average Bonchev–Trinajstić information content (AvgIpc) is 2.50. The predicted molar refractivity (Wildman–Crippen MR) is 76.7 cm³/mol. The topological polar surface area (TPSA) is 92.9 Å². The highest BCUT2D eigenvalue weighted by Crippen LogP contribution is 2.30. The number of nitrogens with zero attached hydrogens (tertiary/aromatic N) is 1. The van der Waals surface area contributed by atoms with Gasteiger partial charge in [-0.1, -0.05) is 24.3 Å². The highest BCUT2D eigenvalue weighted by atomic mass is 16.5. The summed E-state index contributed by atoms with van der Waals surface area (Å²) < 4.78 is 4.91. The summed E-state index contributed by atoms with van der Waals surface area (Å²) in [6, 6.07) is 5.62. The van der Waals surface area contributed by atoms with Crippen LogP contribution in [0.4, 0.5) is 0 Å². The molecule has 2 unspecified atom stereocenters. The number of benzene rings is 1. The minimum Gasteiger partial charge on any atom is -0.479 e. The minimum atomic E-state index is -1.03. The summed E-state index contributed by atoms with van der Waals surface area (Å²) in [5.74, 6) is -1.37. The van der Waals surface area contributed by atoms with E-state index in [4.69, 9.17) is 10.5 Å². The molecule has 2 atom stereocenters. The van der Waals surface area contributed by atoms with E-state index in [-0.39, 0.29) is 5.91 Å². The molecule has 0 bridgehead atoms. The van der Waals surface area contributed by atoms with E-state index < -0.39 is 18.1 Å². The molecule has 1 aliphatic rings. The third-order valence-corrected chi connectivity index (χ3v) is 3.75. The van der Waals surface area contributed by atoms with Crippen LogP contribution in [0.1, 0.15) is 23.6 Å². The summed E-state index contributed by atoms with van der Waals surface area (Å²) in [6.07, 6.45) is 1.02. The normalized spacial score (nSPS) is 19.0. The molecule has 6 nitrogen and oxygen atoms in total. The molecule has 3 N–H and O–H groups in total. The van der Waals surface area contributed by atoms with Crippen molar-refractivity contribution in [1.29, 1.82) is 0 Å². The van der Waals surface area contributed by atoms with Gasteiger partial charge in [0.25, 0.3) is 0 Å². The van der Waals surface area contributed by atoms with E-state index in [2.05, 4.69) is 0 Å². The zero-order chi connectivity index (χ0) is 15.4. The number of fused-ring (bicyclic) bond motifs is 1. The summed E-state index contributed by atoms with van der Waals surface area (Å²) in [5.41, 5.74) is 7.49. The number of carboxylic acids is 1. The lowest BCUT2D eigenvalue weighted by Gasteiger charge is -2.36. The maximum Gasteiger partial charge on any atom is 0.331 e. The van der Waals surface area contributed by atoms with E-state index in [1.165, 1.54) is 12.0 Å². The van der Waals surface area contributed by atoms with Crippen LogP contribution in [0.5, 0.6) is 0 Å². The molecule has 1 amide bonds. The molecule has 1 aromatic carbocycles. The van der Waals surface area contributed by atoms with E-state index >= 15 is 0 Å². The molecule has 0 aliphatic carbocycles. The molecule has 21 heavy (non-hydrogen) atoms. The van der Waals surface area contributed by atoms with Crippen LogP contribution in [-0.4, -0.2) is 48.2 Å². The Morgan fingerprint density at radius 2 is 2.19 bits per heavy atom. The Kier molecular flexibility index (Phi) is 4.93.